The zero-order chi connectivity index (χ0) is 17.4. The van der Waals surface area contributed by atoms with E-state index in [0.29, 0.717) is 12.3 Å². The summed E-state index contributed by atoms with van der Waals surface area (Å²) in [7, 11) is 0. The van der Waals surface area contributed by atoms with E-state index in [0.717, 1.165) is 29.0 Å². The molecule has 0 bridgehead atoms. The lowest BCUT2D eigenvalue weighted by atomic mass is 10.0. The zero-order valence-corrected chi connectivity index (χ0v) is 15.0. The smallest absolute Gasteiger partial charge is 0.294 e. The van der Waals surface area contributed by atoms with Gasteiger partial charge in [0.25, 0.3) is 5.91 Å². The lowest BCUT2D eigenvalue weighted by molar-refractivity contribution is 0.0957. The highest BCUT2D eigenvalue weighted by molar-refractivity contribution is 7.03. The Morgan fingerprint density at radius 2 is 2.20 bits per heavy atom. The van der Waals surface area contributed by atoms with Crippen LogP contribution in [-0.4, -0.2) is 29.4 Å². The van der Waals surface area contributed by atoms with Crippen LogP contribution in [0.5, 0.6) is 0 Å². The highest BCUT2D eigenvalue weighted by atomic mass is 32.1. The van der Waals surface area contributed by atoms with Crippen molar-refractivity contribution in [1.82, 2.24) is 4.37 Å². The van der Waals surface area contributed by atoms with Crippen molar-refractivity contribution in [2.75, 3.05) is 22.9 Å². The van der Waals surface area contributed by atoms with Crippen LogP contribution in [0.1, 0.15) is 24.4 Å². The van der Waals surface area contributed by atoms with Crippen LogP contribution in [0.25, 0.3) is 11.1 Å². The molecule has 0 radical (unpaired) electrons. The number of hydrogen-bond acceptors (Lipinski definition) is 5. The van der Waals surface area contributed by atoms with Gasteiger partial charge in [0.2, 0.25) is 0 Å². The lowest BCUT2D eigenvalue weighted by Gasteiger charge is -2.42. The fourth-order valence-corrected chi connectivity index (χ4v) is 3.96. The molecule has 1 aliphatic rings. The molecule has 0 fully saturated rings. The average molecular weight is 353 g/mol. The highest BCUT2D eigenvalue weighted by Gasteiger charge is 2.32. The summed E-state index contributed by atoms with van der Waals surface area (Å²) in [5.74, 6) is 0.264. The second kappa shape index (κ2) is 6.37. The molecule has 4 rings (SSSR count). The SMILES string of the molecule is CCN1c2ccc(-c3cnsc3)cc2N(C(=O)c2ccco2)C[C@@H]1C. The van der Waals surface area contributed by atoms with E-state index in [-0.39, 0.29) is 11.9 Å². The Morgan fingerprint density at radius 3 is 2.88 bits per heavy atom. The Hall–Kier alpha value is -2.60. The molecule has 6 heteroatoms. The number of rotatable bonds is 3. The molecule has 25 heavy (non-hydrogen) atoms. The lowest BCUT2D eigenvalue weighted by Crippen LogP contribution is -2.49. The quantitative estimate of drug-likeness (QED) is 0.705. The Balaban J connectivity index is 1.82. The molecule has 1 atom stereocenters. The van der Waals surface area contributed by atoms with E-state index in [1.165, 1.54) is 17.8 Å². The van der Waals surface area contributed by atoms with Crippen molar-refractivity contribution < 1.29 is 9.21 Å². The van der Waals surface area contributed by atoms with E-state index >= 15 is 0 Å². The fraction of sp³-hybridized carbons (Fsp3) is 0.263. The molecular weight excluding hydrogens is 334 g/mol. The summed E-state index contributed by atoms with van der Waals surface area (Å²) >= 11 is 1.43. The van der Waals surface area contributed by atoms with Gasteiger partial charge in [-0.25, -0.2) is 4.37 Å². The Labute approximate surface area is 150 Å². The first-order valence-corrected chi connectivity index (χ1v) is 9.18. The van der Waals surface area contributed by atoms with E-state index in [4.69, 9.17) is 4.42 Å². The molecule has 2 aromatic heterocycles. The Morgan fingerprint density at radius 1 is 1.32 bits per heavy atom. The largest absolute Gasteiger partial charge is 0.459 e. The van der Waals surface area contributed by atoms with Crippen LogP contribution in [0, 0.1) is 0 Å². The minimum Gasteiger partial charge on any atom is -0.459 e. The summed E-state index contributed by atoms with van der Waals surface area (Å²) < 4.78 is 9.53. The second-order valence-corrected chi connectivity index (χ2v) is 6.80. The fourth-order valence-electron chi connectivity index (χ4n) is 3.42. The summed E-state index contributed by atoms with van der Waals surface area (Å²) in [6, 6.07) is 9.97. The second-order valence-electron chi connectivity index (χ2n) is 6.14. The predicted octanol–water partition coefficient (Wildman–Crippen LogP) is 4.28. The molecule has 0 spiro atoms. The molecule has 1 aromatic carbocycles. The van der Waals surface area contributed by atoms with Gasteiger partial charge in [-0.15, -0.1) is 0 Å². The van der Waals surface area contributed by atoms with Crippen molar-refractivity contribution in [3.63, 3.8) is 0 Å². The van der Waals surface area contributed by atoms with E-state index in [2.05, 4.69) is 41.3 Å². The minimum absolute atomic E-state index is 0.102. The van der Waals surface area contributed by atoms with Crippen LogP contribution in [-0.2, 0) is 0 Å². The van der Waals surface area contributed by atoms with Crippen LogP contribution >= 0.6 is 11.5 Å². The maximum Gasteiger partial charge on any atom is 0.294 e. The number of furan rings is 1. The Bertz CT molecular complexity index is 874. The van der Waals surface area contributed by atoms with Crippen LogP contribution in [0.3, 0.4) is 0 Å². The molecule has 0 unspecified atom stereocenters. The number of amides is 1. The van der Waals surface area contributed by atoms with Crippen LogP contribution in [0.15, 0.2) is 52.6 Å². The van der Waals surface area contributed by atoms with Gasteiger partial charge in [-0.1, -0.05) is 6.07 Å². The first-order valence-electron chi connectivity index (χ1n) is 8.35. The summed E-state index contributed by atoms with van der Waals surface area (Å²) in [5.41, 5.74) is 4.13. The summed E-state index contributed by atoms with van der Waals surface area (Å²) in [5, 5.41) is 2.02. The normalized spacial score (nSPS) is 16.8. The van der Waals surface area contributed by atoms with Crippen LogP contribution < -0.4 is 9.80 Å². The number of aromatic nitrogens is 1. The molecule has 5 nitrogen and oxygen atoms in total. The highest BCUT2D eigenvalue weighted by Crippen LogP contribution is 2.39. The standard InChI is InChI=1S/C19H19N3O2S/c1-3-21-13(2)11-22(19(23)18-5-4-8-24-18)17-9-14(6-7-16(17)21)15-10-20-25-12-15/h4-10,12-13H,3,11H2,1-2H3/t13-/m0/s1. The first kappa shape index (κ1) is 15.9. The molecule has 128 valence electrons. The van der Waals surface area contributed by atoms with Crippen molar-refractivity contribution in [3.8, 4) is 11.1 Å². The molecule has 1 amide bonds. The van der Waals surface area contributed by atoms with Crippen molar-refractivity contribution in [3.05, 3.63) is 53.9 Å². The van der Waals surface area contributed by atoms with E-state index in [1.807, 2.05) is 16.5 Å². The van der Waals surface area contributed by atoms with Crippen molar-refractivity contribution in [2.45, 2.75) is 19.9 Å². The van der Waals surface area contributed by atoms with Gasteiger partial charge in [-0.3, -0.25) is 4.79 Å². The molecular formula is C19H19N3O2S. The number of hydrogen-bond donors (Lipinski definition) is 0. The number of carbonyl (C=O) groups excluding carboxylic acids is 1. The molecule has 0 aliphatic carbocycles. The van der Waals surface area contributed by atoms with Crippen molar-refractivity contribution in [1.29, 1.82) is 0 Å². The number of benzene rings is 1. The number of anilines is 2. The van der Waals surface area contributed by atoms with Gasteiger partial charge in [-0.2, -0.15) is 0 Å². The van der Waals surface area contributed by atoms with Gasteiger partial charge in [0.1, 0.15) is 0 Å². The van der Waals surface area contributed by atoms with Gasteiger partial charge in [0, 0.05) is 36.3 Å². The number of carbonyl (C=O) groups is 1. The molecule has 0 saturated carbocycles. The molecule has 1 aliphatic heterocycles. The summed E-state index contributed by atoms with van der Waals surface area (Å²) in [6.07, 6.45) is 3.39. The van der Waals surface area contributed by atoms with E-state index < -0.39 is 0 Å². The maximum atomic E-state index is 13.0. The maximum absolute atomic E-state index is 13.0. The monoisotopic (exact) mass is 353 g/mol. The molecule has 3 heterocycles. The van der Waals surface area contributed by atoms with E-state index in [9.17, 15) is 4.79 Å². The van der Waals surface area contributed by atoms with Gasteiger partial charge in [0.05, 0.1) is 17.6 Å². The molecule has 3 aromatic rings. The molecule has 0 saturated heterocycles. The van der Waals surface area contributed by atoms with Crippen LogP contribution in [0.2, 0.25) is 0 Å². The topological polar surface area (TPSA) is 49.6 Å². The van der Waals surface area contributed by atoms with Crippen LogP contribution in [0.4, 0.5) is 11.4 Å². The van der Waals surface area contributed by atoms with Gasteiger partial charge in [0.15, 0.2) is 5.76 Å². The minimum atomic E-state index is -0.102. The van der Waals surface area contributed by atoms with E-state index in [1.54, 1.807) is 12.1 Å². The predicted molar refractivity (Wildman–Crippen MR) is 100 cm³/mol. The number of fused-ring (bicyclic) bond motifs is 1. The Kier molecular flexibility index (Phi) is 4.05. The third kappa shape index (κ3) is 2.72. The van der Waals surface area contributed by atoms with Gasteiger partial charge in [-0.05, 0) is 55.2 Å². The van der Waals surface area contributed by atoms with Gasteiger partial charge >= 0.3 is 0 Å². The molecule has 0 N–H and O–H groups in total. The zero-order valence-electron chi connectivity index (χ0n) is 14.2. The number of nitrogens with zero attached hydrogens (tertiary/aromatic N) is 3. The average Bonchev–Trinajstić information content (AvgIpc) is 3.33. The van der Waals surface area contributed by atoms with Crippen molar-refractivity contribution >= 4 is 28.8 Å². The number of likely N-dealkylation sites (N-methyl/N-ethyl adjacent to an activating group) is 1. The summed E-state index contributed by atoms with van der Waals surface area (Å²) in [6.45, 7) is 5.81. The summed E-state index contributed by atoms with van der Waals surface area (Å²) in [4.78, 5) is 17.1. The van der Waals surface area contributed by atoms with Gasteiger partial charge < -0.3 is 14.2 Å². The van der Waals surface area contributed by atoms with Crippen molar-refractivity contribution in [2.24, 2.45) is 0 Å². The third-order valence-corrected chi connectivity index (χ3v) is 5.22. The first-order chi connectivity index (χ1) is 12.2. The third-order valence-electron chi connectivity index (χ3n) is 4.64.